The Bertz CT molecular complexity index is 1170. The van der Waals surface area contributed by atoms with Gasteiger partial charge < -0.3 is 10.2 Å². The number of rotatable bonds is 5. The number of fused-ring (bicyclic) bond motifs is 1. The van der Waals surface area contributed by atoms with Crippen molar-refractivity contribution < 1.29 is 9.18 Å². The van der Waals surface area contributed by atoms with Gasteiger partial charge in [-0.3, -0.25) is 14.8 Å². The van der Waals surface area contributed by atoms with E-state index in [9.17, 15) is 4.79 Å². The van der Waals surface area contributed by atoms with Crippen molar-refractivity contribution in [1.82, 2.24) is 19.9 Å². The molecule has 1 atom stereocenters. The fourth-order valence-corrected chi connectivity index (χ4v) is 3.86. The van der Waals surface area contributed by atoms with Crippen LogP contribution in [0.25, 0.3) is 11.4 Å². The highest BCUT2D eigenvalue weighted by Gasteiger charge is 2.29. The van der Waals surface area contributed by atoms with Crippen LogP contribution in [0.2, 0.25) is 0 Å². The van der Waals surface area contributed by atoms with Gasteiger partial charge in [0.15, 0.2) is 5.82 Å². The maximum atomic E-state index is 15.0. The minimum Gasteiger partial charge on any atom is -0.363 e. The van der Waals surface area contributed by atoms with Gasteiger partial charge in [-0.2, -0.15) is 0 Å². The van der Waals surface area contributed by atoms with E-state index in [0.29, 0.717) is 35.7 Å². The molecule has 1 N–H and O–H groups in total. The van der Waals surface area contributed by atoms with Crippen LogP contribution in [0.15, 0.2) is 42.9 Å². The van der Waals surface area contributed by atoms with Gasteiger partial charge in [-0.1, -0.05) is 20.8 Å². The third kappa shape index (κ3) is 4.07. The molecule has 7 heteroatoms. The van der Waals surface area contributed by atoms with Gasteiger partial charge in [0.2, 0.25) is 0 Å². The van der Waals surface area contributed by atoms with E-state index >= 15 is 4.39 Å². The third-order valence-corrected chi connectivity index (χ3v) is 5.89. The van der Waals surface area contributed by atoms with Crippen molar-refractivity contribution in [3.05, 3.63) is 70.9 Å². The van der Waals surface area contributed by atoms with Crippen molar-refractivity contribution in [1.29, 1.82) is 0 Å². The van der Waals surface area contributed by atoms with E-state index < -0.39 is 5.82 Å². The number of amides is 1. The number of hydrogen-bond donors (Lipinski definition) is 1. The molecule has 1 amide bonds. The Balaban J connectivity index is 1.58. The quantitative estimate of drug-likeness (QED) is 0.604. The average Bonchev–Trinajstić information content (AvgIpc) is 3.10. The Morgan fingerprint density at radius 2 is 1.91 bits per heavy atom. The van der Waals surface area contributed by atoms with Crippen LogP contribution in [0.5, 0.6) is 0 Å². The SMILES string of the molecule is CCN1Cc2c(ccnc2NC(C)c2cnc(-c3cc(C(C)(C)C)ccn3)c(F)c2)C1=O. The van der Waals surface area contributed by atoms with E-state index in [-0.39, 0.29) is 23.1 Å². The standard InChI is InChI=1S/C25H28FN5O/c1-6-31-14-19-18(24(31)32)8-10-28-23(19)30-15(2)16-11-20(26)22(29-13-16)21-12-17(7-9-27-21)25(3,4)5/h7-13,15H,6,14H2,1-5H3,(H,28,30). The first-order valence-electron chi connectivity index (χ1n) is 10.8. The molecule has 1 aliphatic heterocycles. The molecule has 166 valence electrons. The van der Waals surface area contributed by atoms with Crippen molar-refractivity contribution in [2.75, 3.05) is 11.9 Å². The minimum absolute atomic E-state index is 0.0163. The number of carbonyl (C=O) groups is 1. The molecule has 1 unspecified atom stereocenters. The predicted octanol–water partition coefficient (Wildman–Crippen LogP) is 5.12. The molecular weight excluding hydrogens is 405 g/mol. The van der Waals surface area contributed by atoms with Crippen molar-refractivity contribution in [3.63, 3.8) is 0 Å². The Hall–Kier alpha value is -3.35. The third-order valence-electron chi connectivity index (χ3n) is 5.89. The van der Waals surface area contributed by atoms with Gasteiger partial charge in [0.25, 0.3) is 5.91 Å². The number of aromatic nitrogens is 3. The molecule has 0 spiro atoms. The average molecular weight is 434 g/mol. The molecule has 32 heavy (non-hydrogen) atoms. The second-order valence-electron chi connectivity index (χ2n) is 9.15. The summed E-state index contributed by atoms with van der Waals surface area (Å²) in [6, 6.07) is 6.82. The van der Waals surface area contributed by atoms with Crippen LogP contribution in [-0.2, 0) is 12.0 Å². The summed E-state index contributed by atoms with van der Waals surface area (Å²) in [5, 5.41) is 3.33. The molecule has 0 fully saturated rings. The molecule has 3 aromatic heterocycles. The zero-order valence-electron chi connectivity index (χ0n) is 19.1. The predicted molar refractivity (Wildman–Crippen MR) is 123 cm³/mol. The maximum absolute atomic E-state index is 15.0. The Morgan fingerprint density at radius 3 is 2.59 bits per heavy atom. The van der Waals surface area contributed by atoms with E-state index in [0.717, 1.165) is 11.1 Å². The summed E-state index contributed by atoms with van der Waals surface area (Å²) in [7, 11) is 0. The number of carbonyl (C=O) groups excluding carboxylic acids is 1. The largest absolute Gasteiger partial charge is 0.363 e. The molecule has 0 saturated carbocycles. The number of hydrogen-bond acceptors (Lipinski definition) is 5. The van der Waals surface area contributed by atoms with Gasteiger partial charge in [-0.15, -0.1) is 0 Å². The van der Waals surface area contributed by atoms with Gasteiger partial charge in [-0.05, 0) is 54.7 Å². The first-order chi connectivity index (χ1) is 15.2. The smallest absolute Gasteiger partial charge is 0.254 e. The van der Waals surface area contributed by atoms with Crippen LogP contribution in [-0.4, -0.2) is 32.3 Å². The molecule has 4 rings (SSSR count). The van der Waals surface area contributed by atoms with Crippen molar-refractivity contribution in [3.8, 4) is 11.4 Å². The molecule has 0 saturated heterocycles. The summed E-state index contributed by atoms with van der Waals surface area (Å²) >= 11 is 0. The van der Waals surface area contributed by atoms with E-state index in [1.807, 2.05) is 26.0 Å². The van der Waals surface area contributed by atoms with Crippen LogP contribution < -0.4 is 5.32 Å². The second-order valence-corrected chi connectivity index (χ2v) is 9.15. The van der Waals surface area contributed by atoms with Crippen LogP contribution in [0, 0.1) is 5.82 Å². The lowest BCUT2D eigenvalue weighted by atomic mass is 9.87. The van der Waals surface area contributed by atoms with Crippen molar-refractivity contribution in [2.45, 2.75) is 52.6 Å². The molecule has 0 bridgehead atoms. The summed E-state index contributed by atoms with van der Waals surface area (Å²) in [6.45, 7) is 11.4. The normalized spacial score (nSPS) is 14.4. The lowest BCUT2D eigenvalue weighted by molar-refractivity contribution is 0.0787. The van der Waals surface area contributed by atoms with Crippen LogP contribution in [0.4, 0.5) is 10.2 Å². The molecule has 0 radical (unpaired) electrons. The van der Waals surface area contributed by atoms with Gasteiger partial charge in [0, 0.05) is 36.3 Å². The van der Waals surface area contributed by atoms with Gasteiger partial charge in [-0.25, -0.2) is 9.37 Å². The van der Waals surface area contributed by atoms with Crippen LogP contribution in [0.3, 0.4) is 0 Å². The molecule has 0 aliphatic carbocycles. The fourth-order valence-electron chi connectivity index (χ4n) is 3.86. The zero-order valence-corrected chi connectivity index (χ0v) is 19.1. The minimum atomic E-state index is -0.423. The molecule has 3 aromatic rings. The van der Waals surface area contributed by atoms with E-state index in [4.69, 9.17) is 0 Å². The number of anilines is 1. The Kier molecular flexibility index (Phi) is 5.67. The number of halogens is 1. The Morgan fingerprint density at radius 1 is 1.16 bits per heavy atom. The highest BCUT2D eigenvalue weighted by Crippen LogP contribution is 2.31. The van der Waals surface area contributed by atoms with Gasteiger partial charge >= 0.3 is 0 Å². The second kappa shape index (κ2) is 8.30. The fraction of sp³-hybridized carbons (Fsp3) is 0.360. The summed E-state index contributed by atoms with van der Waals surface area (Å²) < 4.78 is 15.0. The van der Waals surface area contributed by atoms with E-state index in [2.05, 4.69) is 41.0 Å². The number of pyridine rings is 3. The highest BCUT2D eigenvalue weighted by molar-refractivity contribution is 5.99. The van der Waals surface area contributed by atoms with Crippen LogP contribution in [0.1, 0.15) is 67.7 Å². The van der Waals surface area contributed by atoms with Gasteiger partial charge in [0.1, 0.15) is 11.5 Å². The summed E-state index contributed by atoms with van der Waals surface area (Å²) in [5.74, 6) is 0.235. The molecule has 4 heterocycles. The lowest BCUT2D eigenvalue weighted by Gasteiger charge is -2.20. The van der Waals surface area contributed by atoms with Crippen LogP contribution >= 0.6 is 0 Å². The van der Waals surface area contributed by atoms with Gasteiger partial charge in [0.05, 0.1) is 18.3 Å². The van der Waals surface area contributed by atoms with E-state index in [1.54, 1.807) is 29.6 Å². The monoisotopic (exact) mass is 433 g/mol. The zero-order chi connectivity index (χ0) is 23.0. The molecular formula is C25H28FN5O. The Labute approximate surface area is 187 Å². The number of nitrogens with one attached hydrogen (secondary N) is 1. The van der Waals surface area contributed by atoms with E-state index in [1.165, 1.54) is 6.07 Å². The first kappa shape index (κ1) is 21.9. The highest BCUT2D eigenvalue weighted by atomic mass is 19.1. The lowest BCUT2D eigenvalue weighted by Crippen LogP contribution is -2.22. The summed E-state index contributed by atoms with van der Waals surface area (Å²) in [6.07, 6.45) is 4.98. The maximum Gasteiger partial charge on any atom is 0.254 e. The molecule has 0 aromatic carbocycles. The topological polar surface area (TPSA) is 71.0 Å². The van der Waals surface area contributed by atoms with Crippen molar-refractivity contribution in [2.24, 2.45) is 0 Å². The van der Waals surface area contributed by atoms with Crippen molar-refractivity contribution >= 4 is 11.7 Å². The summed E-state index contributed by atoms with van der Waals surface area (Å²) in [4.78, 5) is 27.4. The summed E-state index contributed by atoms with van der Waals surface area (Å²) in [5.41, 5.74) is 3.99. The first-order valence-corrected chi connectivity index (χ1v) is 10.8. The molecule has 6 nitrogen and oxygen atoms in total. The molecule has 1 aliphatic rings. The number of nitrogens with zero attached hydrogens (tertiary/aromatic N) is 4.